The second kappa shape index (κ2) is 8.82. The van der Waals surface area contributed by atoms with Gasteiger partial charge in [-0.25, -0.2) is 8.42 Å². The highest BCUT2D eigenvalue weighted by Crippen LogP contribution is 2.36. The maximum absolute atomic E-state index is 13.4. The van der Waals surface area contributed by atoms with Crippen molar-refractivity contribution in [3.8, 4) is 11.1 Å². The molecular formula is C29H31N3O3S. The van der Waals surface area contributed by atoms with Gasteiger partial charge in [0, 0.05) is 35.2 Å². The van der Waals surface area contributed by atoms with E-state index in [-0.39, 0.29) is 22.3 Å². The number of amides is 1. The number of anilines is 1. The van der Waals surface area contributed by atoms with Crippen molar-refractivity contribution in [1.82, 2.24) is 9.88 Å². The average Bonchev–Trinajstić information content (AvgIpc) is 3.63. The Kier molecular flexibility index (Phi) is 5.91. The summed E-state index contributed by atoms with van der Waals surface area (Å²) in [6, 6.07) is 22.3. The highest BCUT2D eigenvalue weighted by molar-refractivity contribution is 7.92. The molecule has 5 rings (SSSR count). The summed E-state index contributed by atoms with van der Waals surface area (Å²) in [5.74, 6) is -0.0615. The van der Waals surface area contributed by atoms with E-state index < -0.39 is 10.0 Å². The molecule has 2 N–H and O–H groups in total. The number of fused-ring (bicyclic) bond motifs is 1. The number of benzene rings is 3. The summed E-state index contributed by atoms with van der Waals surface area (Å²) in [4.78, 5) is 18.7. The van der Waals surface area contributed by atoms with E-state index in [9.17, 15) is 13.2 Å². The predicted molar refractivity (Wildman–Crippen MR) is 145 cm³/mol. The number of H-pyrrole nitrogens is 1. The molecule has 0 aliphatic heterocycles. The standard InChI is InChI=1S/C29H31N3O3S/c1-29(2,3)20-10-15-23(16-11-20)36(34,35)31-21-12-17-25-24(18-21)26(19-8-6-5-7-9-19)27(30-25)28(33)32(4)22-13-14-22/h5-12,15-18,22,30-31H,13-14H2,1-4H3. The van der Waals surface area contributed by atoms with Gasteiger partial charge in [-0.3, -0.25) is 9.52 Å². The van der Waals surface area contributed by atoms with Gasteiger partial charge in [0.2, 0.25) is 0 Å². The van der Waals surface area contributed by atoms with Gasteiger partial charge in [0.15, 0.2) is 0 Å². The van der Waals surface area contributed by atoms with Crippen LogP contribution in [-0.2, 0) is 15.4 Å². The van der Waals surface area contributed by atoms with Gasteiger partial charge in [-0.2, -0.15) is 0 Å². The third-order valence-electron chi connectivity index (χ3n) is 6.77. The van der Waals surface area contributed by atoms with Crippen LogP contribution >= 0.6 is 0 Å². The summed E-state index contributed by atoms with van der Waals surface area (Å²) < 4.78 is 29.0. The topological polar surface area (TPSA) is 82.3 Å². The van der Waals surface area contributed by atoms with Crippen LogP contribution in [0.4, 0.5) is 5.69 Å². The highest BCUT2D eigenvalue weighted by atomic mass is 32.2. The second-order valence-electron chi connectivity index (χ2n) is 10.5. The number of nitrogens with one attached hydrogen (secondary N) is 2. The van der Waals surface area contributed by atoms with E-state index in [4.69, 9.17) is 0 Å². The van der Waals surface area contributed by atoms with Crippen molar-refractivity contribution in [2.24, 2.45) is 0 Å². The molecule has 0 spiro atoms. The summed E-state index contributed by atoms with van der Waals surface area (Å²) in [7, 11) is -1.94. The van der Waals surface area contributed by atoms with E-state index in [0.717, 1.165) is 40.4 Å². The first kappa shape index (κ1) is 24.1. The first-order valence-corrected chi connectivity index (χ1v) is 13.6. The number of rotatable bonds is 6. The minimum absolute atomic E-state index is 0.0615. The zero-order valence-electron chi connectivity index (χ0n) is 21.0. The van der Waals surface area contributed by atoms with Gasteiger partial charge < -0.3 is 9.88 Å². The Hall–Kier alpha value is -3.58. The van der Waals surface area contributed by atoms with Crippen molar-refractivity contribution in [2.75, 3.05) is 11.8 Å². The van der Waals surface area contributed by atoms with Gasteiger partial charge in [0.05, 0.1) is 4.90 Å². The highest BCUT2D eigenvalue weighted by Gasteiger charge is 2.32. The maximum atomic E-state index is 13.4. The molecule has 0 bridgehead atoms. The molecule has 0 unspecified atom stereocenters. The van der Waals surface area contributed by atoms with Crippen molar-refractivity contribution >= 4 is 32.5 Å². The number of carbonyl (C=O) groups excluding carboxylic acids is 1. The van der Waals surface area contributed by atoms with Gasteiger partial charge in [-0.1, -0.05) is 63.2 Å². The Balaban J connectivity index is 1.54. The normalized spacial score (nSPS) is 14.1. The van der Waals surface area contributed by atoms with Crippen molar-refractivity contribution in [2.45, 2.75) is 50.0 Å². The quantitative estimate of drug-likeness (QED) is 0.332. The molecule has 1 fully saturated rings. The minimum Gasteiger partial charge on any atom is -0.350 e. The van der Waals surface area contributed by atoms with Crippen LogP contribution in [0.15, 0.2) is 77.7 Å². The predicted octanol–water partition coefficient (Wildman–Crippen LogP) is 6.17. The molecule has 7 heteroatoms. The molecule has 0 atom stereocenters. The van der Waals surface area contributed by atoms with Gasteiger partial charge in [0.1, 0.15) is 5.69 Å². The fourth-order valence-corrected chi connectivity index (χ4v) is 5.52. The summed E-state index contributed by atoms with van der Waals surface area (Å²) in [6.45, 7) is 6.27. The molecule has 0 saturated heterocycles. The fraction of sp³-hybridized carbons (Fsp3) is 0.276. The van der Waals surface area contributed by atoms with Crippen molar-refractivity contribution in [1.29, 1.82) is 0 Å². The van der Waals surface area contributed by atoms with Crippen LogP contribution in [0.25, 0.3) is 22.0 Å². The van der Waals surface area contributed by atoms with Crippen LogP contribution in [0.3, 0.4) is 0 Å². The lowest BCUT2D eigenvalue weighted by Gasteiger charge is -2.19. The number of sulfonamides is 1. The number of aromatic nitrogens is 1. The van der Waals surface area contributed by atoms with E-state index in [1.807, 2.05) is 55.6 Å². The molecule has 1 amide bonds. The van der Waals surface area contributed by atoms with Crippen LogP contribution in [0.5, 0.6) is 0 Å². The third-order valence-corrected chi connectivity index (χ3v) is 8.17. The summed E-state index contributed by atoms with van der Waals surface area (Å²) in [6.07, 6.45) is 2.04. The van der Waals surface area contributed by atoms with E-state index >= 15 is 0 Å². The Morgan fingerprint density at radius 3 is 2.25 bits per heavy atom. The molecule has 3 aromatic carbocycles. The Morgan fingerprint density at radius 1 is 0.972 bits per heavy atom. The van der Waals surface area contributed by atoms with Gasteiger partial charge in [0.25, 0.3) is 15.9 Å². The van der Waals surface area contributed by atoms with Gasteiger partial charge >= 0.3 is 0 Å². The van der Waals surface area contributed by atoms with Crippen LogP contribution in [0.2, 0.25) is 0 Å². The Morgan fingerprint density at radius 2 is 1.64 bits per heavy atom. The summed E-state index contributed by atoms with van der Waals surface area (Å²) >= 11 is 0. The summed E-state index contributed by atoms with van der Waals surface area (Å²) in [5, 5.41) is 0.789. The van der Waals surface area contributed by atoms with Crippen LogP contribution in [0, 0.1) is 0 Å². The van der Waals surface area contributed by atoms with Gasteiger partial charge in [-0.15, -0.1) is 0 Å². The largest absolute Gasteiger partial charge is 0.350 e. The lowest BCUT2D eigenvalue weighted by atomic mass is 9.87. The number of nitrogens with zero attached hydrogens (tertiary/aromatic N) is 1. The molecule has 186 valence electrons. The molecule has 1 aliphatic rings. The second-order valence-corrected chi connectivity index (χ2v) is 12.2. The molecule has 0 radical (unpaired) electrons. The summed E-state index contributed by atoms with van der Waals surface area (Å²) in [5.41, 5.74) is 4.41. The number of aromatic amines is 1. The van der Waals surface area contributed by atoms with E-state index in [0.29, 0.717) is 11.4 Å². The van der Waals surface area contributed by atoms with E-state index in [1.165, 1.54) is 0 Å². The Labute approximate surface area is 212 Å². The lowest BCUT2D eigenvalue weighted by molar-refractivity contribution is 0.0781. The van der Waals surface area contributed by atoms with Crippen LogP contribution in [0.1, 0.15) is 49.7 Å². The molecule has 1 saturated carbocycles. The molecule has 6 nitrogen and oxygen atoms in total. The lowest BCUT2D eigenvalue weighted by Crippen LogP contribution is -2.29. The zero-order chi connectivity index (χ0) is 25.7. The molecule has 1 heterocycles. The number of hydrogen-bond acceptors (Lipinski definition) is 3. The van der Waals surface area contributed by atoms with E-state index in [2.05, 4.69) is 30.5 Å². The van der Waals surface area contributed by atoms with Crippen molar-refractivity contribution in [3.63, 3.8) is 0 Å². The minimum atomic E-state index is -3.78. The van der Waals surface area contributed by atoms with Crippen LogP contribution in [-0.4, -0.2) is 37.3 Å². The SMILES string of the molecule is CN(C(=O)c1[nH]c2ccc(NS(=O)(=O)c3ccc(C(C)(C)C)cc3)cc2c1-c1ccccc1)C1CC1. The first-order valence-electron chi connectivity index (χ1n) is 12.2. The maximum Gasteiger partial charge on any atom is 0.270 e. The van der Waals surface area contributed by atoms with Gasteiger partial charge in [-0.05, 0) is 59.7 Å². The van der Waals surface area contributed by atoms with Crippen molar-refractivity contribution in [3.05, 3.63) is 84.1 Å². The zero-order valence-corrected chi connectivity index (χ0v) is 21.8. The molecular weight excluding hydrogens is 470 g/mol. The molecule has 1 aliphatic carbocycles. The molecule has 36 heavy (non-hydrogen) atoms. The number of hydrogen-bond donors (Lipinski definition) is 2. The van der Waals surface area contributed by atoms with E-state index in [1.54, 1.807) is 29.2 Å². The fourth-order valence-electron chi connectivity index (χ4n) is 4.47. The molecule has 4 aromatic rings. The average molecular weight is 502 g/mol. The third kappa shape index (κ3) is 4.63. The molecule has 1 aromatic heterocycles. The monoisotopic (exact) mass is 501 g/mol. The van der Waals surface area contributed by atoms with Crippen LogP contribution < -0.4 is 4.72 Å². The van der Waals surface area contributed by atoms with Crippen molar-refractivity contribution < 1.29 is 13.2 Å². The smallest absolute Gasteiger partial charge is 0.270 e. The Bertz CT molecular complexity index is 1530. The number of carbonyl (C=O) groups is 1. The first-order chi connectivity index (χ1) is 17.0.